The number of methoxy groups -OCH3 is 1. The van der Waals surface area contributed by atoms with Crippen LogP contribution in [0.1, 0.15) is 21.5 Å². The molecule has 2 aromatic carbocycles. The monoisotopic (exact) mass is 390 g/mol. The van der Waals surface area contributed by atoms with Gasteiger partial charge >= 0.3 is 5.97 Å². The zero-order chi connectivity index (χ0) is 17.7. The fraction of sp³-hybridized carbons (Fsp3) is 0.222. The van der Waals surface area contributed by atoms with Gasteiger partial charge in [-0.3, -0.25) is 4.79 Å². The SMILES string of the molecule is COC(=O)c1ccc(C)c(NCC(=O)Nc2ccc(Br)cc2C)c1. The number of ether oxygens (including phenoxy) is 1. The topological polar surface area (TPSA) is 67.4 Å². The van der Waals surface area contributed by atoms with Gasteiger partial charge in [0.15, 0.2) is 0 Å². The van der Waals surface area contributed by atoms with Gasteiger partial charge in [-0.05, 0) is 55.3 Å². The van der Waals surface area contributed by atoms with Gasteiger partial charge in [-0.2, -0.15) is 0 Å². The van der Waals surface area contributed by atoms with E-state index < -0.39 is 5.97 Å². The second-order valence-electron chi connectivity index (χ2n) is 5.38. The number of carbonyl (C=O) groups is 2. The number of hydrogen-bond acceptors (Lipinski definition) is 4. The smallest absolute Gasteiger partial charge is 0.337 e. The molecule has 0 saturated heterocycles. The zero-order valence-corrected chi connectivity index (χ0v) is 15.4. The lowest BCUT2D eigenvalue weighted by Gasteiger charge is -2.12. The lowest BCUT2D eigenvalue weighted by atomic mass is 10.1. The van der Waals surface area contributed by atoms with Crippen molar-refractivity contribution in [3.63, 3.8) is 0 Å². The summed E-state index contributed by atoms with van der Waals surface area (Å²) in [4.78, 5) is 23.7. The Morgan fingerprint density at radius 2 is 1.79 bits per heavy atom. The molecular formula is C18H19BrN2O3. The second-order valence-corrected chi connectivity index (χ2v) is 6.30. The highest BCUT2D eigenvalue weighted by molar-refractivity contribution is 9.10. The normalized spacial score (nSPS) is 10.2. The van der Waals surface area contributed by atoms with E-state index in [1.165, 1.54) is 7.11 Å². The molecule has 2 N–H and O–H groups in total. The summed E-state index contributed by atoms with van der Waals surface area (Å²) in [6.07, 6.45) is 0. The van der Waals surface area contributed by atoms with E-state index in [1.54, 1.807) is 12.1 Å². The number of nitrogens with one attached hydrogen (secondary N) is 2. The van der Waals surface area contributed by atoms with Gasteiger partial charge in [0.25, 0.3) is 0 Å². The van der Waals surface area contributed by atoms with Crippen molar-refractivity contribution in [2.24, 2.45) is 0 Å². The molecule has 0 unspecified atom stereocenters. The Morgan fingerprint density at radius 3 is 2.46 bits per heavy atom. The summed E-state index contributed by atoms with van der Waals surface area (Å²) in [6.45, 7) is 3.93. The van der Waals surface area contributed by atoms with Crippen molar-refractivity contribution in [2.75, 3.05) is 24.3 Å². The predicted octanol–water partition coefficient (Wildman–Crippen LogP) is 3.90. The van der Waals surface area contributed by atoms with Crippen LogP contribution in [0.3, 0.4) is 0 Å². The van der Waals surface area contributed by atoms with Crippen LogP contribution in [0.4, 0.5) is 11.4 Å². The maximum atomic E-state index is 12.1. The summed E-state index contributed by atoms with van der Waals surface area (Å²) in [7, 11) is 1.34. The van der Waals surface area contributed by atoms with Crippen LogP contribution >= 0.6 is 15.9 Å². The van der Waals surface area contributed by atoms with Crippen LogP contribution < -0.4 is 10.6 Å². The van der Waals surface area contributed by atoms with E-state index in [9.17, 15) is 9.59 Å². The molecule has 0 spiro atoms. The Hall–Kier alpha value is -2.34. The summed E-state index contributed by atoms with van der Waals surface area (Å²) < 4.78 is 5.67. The third-order valence-electron chi connectivity index (χ3n) is 3.56. The fourth-order valence-electron chi connectivity index (χ4n) is 2.19. The van der Waals surface area contributed by atoms with Crippen molar-refractivity contribution in [3.8, 4) is 0 Å². The van der Waals surface area contributed by atoms with Crippen molar-refractivity contribution in [1.82, 2.24) is 0 Å². The van der Waals surface area contributed by atoms with E-state index in [1.807, 2.05) is 38.1 Å². The molecule has 0 heterocycles. The van der Waals surface area contributed by atoms with Crippen LogP contribution in [0, 0.1) is 13.8 Å². The first-order valence-electron chi connectivity index (χ1n) is 7.39. The molecule has 0 fully saturated rings. The molecular weight excluding hydrogens is 372 g/mol. The van der Waals surface area contributed by atoms with Crippen LogP contribution in [0.25, 0.3) is 0 Å². The first kappa shape index (κ1) is 18.0. The Kier molecular flexibility index (Phi) is 5.98. The third-order valence-corrected chi connectivity index (χ3v) is 4.05. The highest BCUT2D eigenvalue weighted by Gasteiger charge is 2.10. The summed E-state index contributed by atoms with van der Waals surface area (Å²) in [6, 6.07) is 10.8. The number of halogens is 1. The maximum Gasteiger partial charge on any atom is 0.337 e. The third kappa shape index (κ3) is 4.58. The first-order chi connectivity index (χ1) is 11.4. The van der Waals surface area contributed by atoms with Gasteiger partial charge in [0, 0.05) is 15.8 Å². The van der Waals surface area contributed by atoms with E-state index in [4.69, 9.17) is 4.74 Å². The molecule has 0 atom stereocenters. The molecule has 126 valence electrons. The fourth-order valence-corrected chi connectivity index (χ4v) is 2.67. The molecule has 2 rings (SSSR count). The molecule has 0 aliphatic rings. The average Bonchev–Trinajstić information content (AvgIpc) is 2.56. The summed E-state index contributed by atoms with van der Waals surface area (Å²) in [5.74, 6) is -0.573. The number of anilines is 2. The Labute approximate surface area is 149 Å². The summed E-state index contributed by atoms with van der Waals surface area (Å²) >= 11 is 3.39. The molecule has 5 nitrogen and oxygen atoms in total. The van der Waals surface area contributed by atoms with Gasteiger partial charge in [-0.1, -0.05) is 22.0 Å². The lowest BCUT2D eigenvalue weighted by Crippen LogP contribution is -2.22. The highest BCUT2D eigenvalue weighted by Crippen LogP contribution is 2.20. The Balaban J connectivity index is 2.02. The first-order valence-corrected chi connectivity index (χ1v) is 8.19. The maximum absolute atomic E-state index is 12.1. The minimum Gasteiger partial charge on any atom is -0.465 e. The van der Waals surface area contributed by atoms with Crippen LogP contribution in [-0.4, -0.2) is 25.5 Å². The highest BCUT2D eigenvalue weighted by atomic mass is 79.9. The van der Waals surface area contributed by atoms with Gasteiger partial charge < -0.3 is 15.4 Å². The quantitative estimate of drug-likeness (QED) is 0.759. The standard InChI is InChI=1S/C18H19BrN2O3/c1-11-4-5-13(18(23)24-3)9-16(11)20-10-17(22)21-15-7-6-14(19)8-12(15)2/h4-9,20H,10H2,1-3H3,(H,21,22). The van der Waals surface area contributed by atoms with E-state index in [0.717, 1.165) is 27.0 Å². The van der Waals surface area contributed by atoms with Crippen molar-refractivity contribution in [1.29, 1.82) is 0 Å². The number of hydrogen-bond donors (Lipinski definition) is 2. The summed E-state index contributed by atoms with van der Waals surface area (Å²) in [5.41, 5.74) is 3.84. The minimum atomic E-state index is -0.409. The van der Waals surface area contributed by atoms with E-state index in [2.05, 4.69) is 26.6 Å². The van der Waals surface area contributed by atoms with Gasteiger partial charge in [0.2, 0.25) is 5.91 Å². The molecule has 0 bridgehead atoms. The van der Waals surface area contributed by atoms with Crippen molar-refractivity contribution < 1.29 is 14.3 Å². The average molecular weight is 391 g/mol. The number of carbonyl (C=O) groups excluding carboxylic acids is 2. The van der Waals surface area contributed by atoms with Gasteiger partial charge in [0.05, 0.1) is 19.2 Å². The Morgan fingerprint density at radius 1 is 1.04 bits per heavy atom. The van der Waals surface area contributed by atoms with Crippen LogP contribution in [0.2, 0.25) is 0 Å². The molecule has 0 saturated carbocycles. The predicted molar refractivity (Wildman–Crippen MR) is 98.5 cm³/mol. The Bertz CT molecular complexity index is 775. The molecule has 24 heavy (non-hydrogen) atoms. The van der Waals surface area contributed by atoms with E-state index in [0.29, 0.717) is 5.56 Å². The number of benzene rings is 2. The van der Waals surface area contributed by atoms with Crippen LogP contribution in [0.5, 0.6) is 0 Å². The van der Waals surface area contributed by atoms with Gasteiger partial charge in [-0.25, -0.2) is 4.79 Å². The molecule has 6 heteroatoms. The number of amides is 1. The number of aryl methyl sites for hydroxylation is 2. The minimum absolute atomic E-state index is 0.0982. The molecule has 0 aliphatic heterocycles. The number of rotatable bonds is 5. The molecule has 0 aromatic heterocycles. The van der Waals surface area contributed by atoms with E-state index >= 15 is 0 Å². The van der Waals surface area contributed by atoms with Gasteiger partial charge in [-0.15, -0.1) is 0 Å². The van der Waals surface area contributed by atoms with Crippen LogP contribution in [0.15, 0.2) is 40.9 Å². The van der Waals surface area contributed by atoms with Crippen molar-refractivity contribution in [2.45, 2.75) is 13.8 Å². The van der Waals surface area contributed by atoms with E-state index in [-0.39, 0.29) is 12.5 Å². The molecule has 0 aliphatic carbocycles. The molecule has 1 amide bonds. The summed E-state index contributed by atoms with van der Waals surface area (Å²) in [5, 5.41) is 5.92. The molecule has 0 radical (unpaired) electrons. The second kappa shape index (κ2) is 7.97. The van der Waals surface area contributed by atoms with Gasteiger partial charge in [0.1, 0.15) is 0 Å². The van der Waals surface area contributed by atoms with Crippen LogP contribution in [-0.2, 0) is 9.53 Å². The largest absolute Gasteiger partial charge is 0.465 e. The zero-order valence-electron chi connectivity index (χ0n) is 13.8. The van der Waals surface area contributed by atoms with Crippen molar-refractivity contribution >= 4 is 39.2 Å². The lowest BCUT2D eigenvalue weighted by molar-refractivity contribution is -0.114. The van der Waals surface area contributed by atoms with Crippen molar-refractivity contribution in [3.05, 3.63) is 57.6 Å². The molecule has 2 aromatic rings. The number of esters is 1.